The molecule has 31 heavy (non-hydrogen) atoms. The molecule has 0 spiro atoms. The second-order valence-electron chi connectivity index (χ2n) is 7.73. The number of nitrogens with zero attached hydrogens (tertiary/aromatic N) is 1. The van der Waals surface area contributed by atoms with Gasteiger partial charge in [-0.2, -0.15) is 0 Å². The molecule has 6 nitrogen and oxygen atoms in total. The summed E-state index contributed by atoms with van der Waals surface area (Å²) in [7, 11) is 1.49. The van der Waals surface area contributed by atoms with E-state index in [1.54, 1.807) is 18.2 Å². The van der Waals surface area contributed by atoms with Crippen LogP contribution in [-0.2, 0) is 16.0 Å². The number of ether oxygens (including phenoxy) is 1. The summed E-state index contributed by atoms with van der Waals surface area (Å²) < 4.78 is 5.17. The highest BCUT2D eigenvalue weighted by Gasteiger charge is 2.16. The number of hydrogen-bond donors (Lipinski definition) is 2. The SMILES string of the molecule is COc1ccc(Cl)cc1NC(=O)C(=O)NCCCc1ccc(N2CCCCCC2)cc1. The molecule has 1 saturated heterocycles. The molecule has 0 saturated carbocycles. The number of amides is 2. The van der Waals surface area contributed by atoms with Crippen LogP contribution in [0.4, 0.5) is 11.4 Å². The molecular weight excluding hydrogens is 414 g/mol. The summed E-state index contributed by atoms with van der Waals surface area (Å²) in [5.41, 5.74) is 2.87. The fourth-order valence-electron chi connectivity index (χ4n) is 3.73. The summed E-state index contributed by atoms with van der Waals surface area (Å²) >= 11 is 5.95. The molecule has 1 fully saturated rings. The number of carbonyl (C=O) groups is 2. The van der Waals surface area contributed by atoms with Gasteiger partial charge in [0.25, 0.3) is 0 Å². The van der Waals surface area contributed by atoms with Gasteiger partial charge in [-0.25, -0.2) is 0 Å². The van der Waals surface area contributed by atoms with Crippen molar-refractivity contribution in [3.05, 3.63) is 53.1 Å². The van der Waals surface area contributed by atoms with Gasteiger partial charge in [-0.05, 0) is 61.6 Å². The zero-order valence-electron chi connectivity index (χ0n) is 18.0. The lowest BCUT2D eigenvalue weighted by Gasteiger charge is -2.22. The maximum absolute atomic E-state index is 12.1. The second-order valence-corrected chi connectivity index (χ2v) is 8.16. The molecular formula is C24H30ClN3O3. The van der Waals surface area contributed by atoms with E-state index in [-0.39, 0.29) is 0 Å². The van der Waals surface area contributed by atoms with Gasteiger partial charge >= 0.3 is 11.8 Å². The Bertz CT molecular complexity index is 878. The van der Waals surface area contributed by atoms with Gasteiger partial charge in [0.15, 0.2) is 0 Å². The van der Waals surface area contributed by atoms with Gasteiger partial charge in [0.05, 0.1) is 12.8 Å². The van der Waals surface area contributed by atoms with Crippen LogP contribution in [0.1, 0.15) is 37.7 Å². The fourth-order valence-corrected chi connectivity index (χ4v) is 3.91. The number of halogens is 1. The van der Waals surface area contributed by atoms with E-state index in [9.17, 15) is 9.59 Å². The maximum Gasteiger partial charge on any atom is 0.313 e. The van der Waals surface area contributed by atoms with Crippen LogP contribution >= 0.6 is 11.6 Å². The van der Waals surface area contributed by atoms with Crippen molar-refractivity contribution in [1.82, 2.24) is 5.32 Å². The van der Waals surface area contributed by atoms with Crippen LogP contribution in [0.5, 0.6) is 5.75 Å². The van der Waals surface area contributed by atoms with E-state index in [1.165, 1.54) is 44.0 Å². The Kier molecular flexibility index (Phi) is 8.59. The van der Waals surface area contributed by atoms with Crippen molar-refractivity contribution in [2.75, 3.05) is 37.0 Å². The monoisotopic (exact) mass is 443 g/mol. The van der Waals surface area contributed by atoms with Crippen LogP contribution in [0.3, 0.4) is 0 Å². The maximum atomic E-state index is 12.1. The van der Waals surface area contributed by atoms with E-state index < -0.39 is 11.8 Å². The van der Waals surface area contributed by atoms with Crippen LogP contribution in [0.15, 0.2) is 42.5 Å². The Hall–Kier alpha value is -2.73. The third kappa shape index (κ3) is 6.89. The molecule has 1 aliphatic heterocycles. The molecule has 3 rings (SSSR count). The van der Waals surface area contributed by atoms with E-state index in [2.05, 4.69) is 39.8 Å². The molecule has 1 heterocycles. The van der Waals surface area contributed by atoms with Crippen molar-refractivity contribution in [2.45, 2.75) is 38.5 Å². The van der Waals surface area contributed by atoms with Crippen molar-refractivity contribution in [3.8, 4) is 5.75 Å². The number of benzene rings is 2. The first kappa shape index (κ1) is 22.9. The van der Waals surface area contributed by atoms with Crippen molar-refractivity contribution in [1.29, 1.82) is 0 Å². The highest BCUT2D eigenvalue weighted by molar-refractivity contribution is 6.40. The summed E-state index contributed by atoms with van der Waals surface area (Å²) in [5.74, 6) is -0.991. The Morgan fingerprint density at radius 1 is 1.00 bits per heavy atom. The van der Waals surface area contributed by atoms with Crippen LogP contribution < -0.4 is 20.3 Å². The molecule has 7 heteroatoms. The molecule has 2 aromatic rings. The van der Waals surface area contributed by atoms with E-state index in [1.807, 2.05) is 0 Å². The van der Waals surface area contributed by atoms with Crippen LogP contribution in [0.25, 0.3) is 0 Å². The molecule has 2 aromatic carbocycles. The summed E-state index contributed by atoms with van der Waals surface area (Å²) in [5, 5.41) is 5.64. The van der Waals surface area contributed by atoms with Crippen LogP contribution in [-0.4, -0.2) is 38.6 Å². The molecule has 1 aliphatic rings. The van der Waals surface area contributed by atoms with Gasteiger partial charge < -0.3 is 20.3 Å². The van der Waals surface area contributed by atoms with Crippen molar-refractivity contribution in [3.63, 3.8) is 0 Å². The van der Waals surface area contributed by atoms with E-state index in [0.717, 1.165) is 25.9 Å². The number of carbonyl (C=O) groups excluding carboxylic acids is 2. The average molecular weight is 444 g/mol. The number of anilines is 2. The second kappa shape index (κ2) is 11.6. The Labute approximate surface area is 188 Å². The number of rotatable bonds is 7. The van der Waals surface area contributed by atoms with Gasteiger partial charge in [0.1, 0.15) is 5.75 Å². The molecule has 0 atom stereocenters. The molecule has 0 aliphatic carbocycles. The minimum Gasteiger partial charge on any atom is -0.495 e. The quantitative estimate of drug-likeness (QED) is 0.491. The van der Waals surface area contributed by atoms with Gasteiger partial charge in [-0.3, -0.25) is 9.59 Å². The Balaban J connectivity index is 1.41. The standard InChI is InChI=1S/C24H30ClN3O3/c1-31-22-13-10-19(25)17-21(22)27-24(30)23(29)26-14-6-7-18-8-11-20(12-9-18)28-15-4-2-3-5-16-28/h8-13,17H,2-7,14-16H2,1H3,(H,26,29)(H,27,30). The predicted molar refractivity (Wildman–Crippen MR) is 125 cm³/mol. The smallest absolute Gasteiger partial charge is 0.313 e. The number of nitrogens with one attached hydrogen (secondary N) is 2. The fraction of sp³-hybridized carbons (Fsp3) is 0.417. The molecule has 0 radical (unpaired) electrons. The van der Waals surface area contributed by atoms with Crippen molar-refractivity contribution in [2.24, 2.45) is 0 Å². The molecule has 2 amide bonds. The molecule has 2 N–H and O–H groups in total. The minimum atomic E-state index is -0.748. The van der Waals surface area contributed by atoms with E-state index in [0.29, 0.717) is 23.0 Å². The highest BCUT2D eigenvalue weighted by atomic mass is 35.5. The van der Waals surface area contributed by atoms with Crippen LogP contribution in [0, 0.1) is 0 Å². The molecule has 0 bridgehead atoms. The van der Waals surface area contributed by atoms with E-state index >= 15 is 0 Å². The third-order valence-corrected chi connectivity index (χ3v) is 5.69. The Morgan fingerprint density at radius 3 is 2.39 bits per heavy atom. The summed E-state index contributed by atoms with van der Waals surface area (Å²) in [6.07, 6.45) is 6.76. The normalized spacial score (nSPS) is 13.9. The first-order valence-corrected chi connectivity index (χ1v) is 11.2. The summed E-state index contributed by atoms with van der Waals surface area (Å²) in [6.45, 7) is 2.69. The van der Waals surface area contributed by atoms with Crippen molar-refractivity contribution >= 4 is 34.8 Å². The number of hydrogen-bond acceptors (Lipinski definition) is 4. The average Bonchev–Trinajstić information content (AvgIpc) is 3.07. The van der Waals surface area contributed by atoms with E-state index in [4.69, 9.17) is 16.3 Å². The highest BCUT2D eigenvalue weighted by Crippen LogP contribution is 2.27. The number of aryl methyl sites for hydroxylation is 1. The lowest BCUT2D eigenvalue weighted by molar-refractivity contribution is -0.136. The Morgan fingerprint density at radius 2 is 1.71 bits per heavy atom. The van der Waals surface area contributed by atoms with Gasteiger partial charge in [0, 0.05) is 30.3 Å². The number of methoxy groups -OCH3 is 1. The third-order valence-electron chi connectivity index (χ3n) is 5.45. The topological polar surface area (TPSA) is 70.7 Å². The minimum absolute atomic E-state index is 0.361. The predicted octanol–water partition coefficient (Wildman–Crippen LogP) is 4.42. The van der Waals surface area contributed by atoms with Crippen LogP contribution in [0.2, 0.25) is 5.02 Å². The van der Waals surface area contributed by atoms with Gasteiger partial charge in [0.2, 0.25) is 0 Å². The zero-order valence-corrected chi connectivity index (χ0v) is 18.7. The summed E-state index contributed by atoms with van der Waals surface area (Å²) in [6, 6.07) is 13.5. The van der Waals surface area contributed by atoms with Crippen molar-refractivity contribution < 1.29 is 14.3 Å². The molecule has 0 aromatic heterocycles. The lowest BCUT2D eigenvalue weighted by atomic mass is 10.1. The van der Waals surface area contributed by atoms with Gasteiger partial charge in [-0.15, -0.1) is 0 Å². The zero-order chi connectivity index (χ0) is 22.1. The first-order chi connectivity index (χ1) is 15.1. The first-order valence-electron chi connectivity index (χ1n) is 10.8. The lowest BCUT2D eigenvalue weighted by Crippen LogP contribution is -2.36. The van der Waals surface area contributed by atoms with Gasteiger partial charge in [-0.1, -0.05) is 36.6 Å². The molecule has 166 valence electrons. The summed E-state index contributed by atoms with van der Waals surface area (Å²) in [4.78, 5) is 26.7. The largest absolute Gasteiger partial charge is 0.495 e. The molecule has 0 unspecified atom stereocenters.